The number of aryl methyl sites for hydroxylation is 1. The molecular weight excluding hydrogens is 286 g/mol. The second kappa shape index (κ2) is 5.73. The monoisotopic (exact) mass is 299 g/mol. The lowest BCUT2D eigenvalue weighted by atomic mass is 10.2. The van der Waals surface area contributed by atoms with Crippen molar-refractivity contribution in [2.75, 3.05) is 6.54 Å². The number of nitrogens with zero attached hydrogens (tertiary/aromatic N) is 2. The fourth-order valence-corrected chi connectivity index (χ4v) is 3.07. The molecule has 1 N–H and O–H groups in total. The molecule has 0 atom stereocenters. The van der Waals surface area contributed by atoms with Crippen molar-refractivity contribution in [2.24, 2.45) is 7.05 Å². The zero-order valence-electron chi connectivity index (χ0n) is 10.4. The molecule has 0 aliphatic heterocycles. The molecule has 5 nitrogen and oxygen atoms in total. The number of nitrogens with one attached hydrogen (secondary N) is 1. The first kappa shape index (κ1) is 14.0. The highest BCUT2D eigenvalue weighted by molar-refractivity contribution is 7.89. The van der Waals surface area contributed by atoms with Crippen LogP contribution in [0.3, 0.4) is 0 Å². The van der Waals surface area contributed by atoms with Crippen molar-refractivity contribution in [1.82, 2.24) is 14.3 Å². The fraction of sp³-hybridized carbons (Fsp3) is 0.250. The average Bonchev–Trinajstić information content (AvgIpc) is 2.72. The van der Waals surface area contributed by atoms with Gasteiger partial charge in [-0.3, -0.25) is 0 Å². The highest BCUT2D eigenvalue weighted by Crippen LogP contribution is 2.18. The Morgan fingerprint density at radius 3 is 2.58 bits per heavy atom. The first-order valence-electron chi connectivity index (χ1n) is 5.71. The van der Waals surface area contributed by atoms with E-state index in [1.165, 1.54) is 10.9 Å². The molecule has 1 aromatic carbocycles. The topological polar surface area (TPSA) is 64.0 Å². The van der Waals surface area contributed by atoms with E-state index >= 15 is 0 Å². The van der Waals surface area contributed by atoms with Gasteiger partial charge in [0.15, 0.2) is 0 Å². The lowest BCUT2D eigenvalue weighted by molar-refractivity contribution is 0.578. The van der Waals surface area contributed by atoms with E-state index in [2.05, 4.69) is 9.71 Å². The number of imidazole rings is 1. The molecule has 1 aromatic heterocycles. The normalized spacial score (nSPS) is 11.7. The van der Waals surface area contributed by atoms with Crippen LogP contribution in [0, 0.1) is 0 Å². The van der Waals surface area contributed by atoms with E-state index < -0.39 is 10.0 Å². The molecule has 0 fully saturated rings. The minimum absolute atomic E-state index is 0.104. The molecule has 0 amide bonds. The van der Waals surface area contributed by atoms with Crippen LogP contribution in [0.4, 0.5) is 0 Å². The number of benzene rings is 1. The van der Waals surface area contributed by atoms with Crippen molar-refractivity contribution >= 4 is 21.6 Å². The standard InChI is InChI=1S/C12H14ClN3O2S/c1-16-9-14-12(11(16)13)19(17,18)15-8-7-10-5-3-2-4-6-10/h2-6,9,15H,7-8H2,1H3. The summed E-state index contributed by atoms with van der Waals surface area (Å²) in [5, 5.41) is -0.0306. The first-order valence-corrected chi connectivity index (χ1v) is 7.57. The van der Waals surface area contributed by atoms with Gasteiger partial charge in [-0.25, -0.2) is 18.1 Å². The largest absolute Gasteiger partial charge is 0.324 e. The average molecular weight is 300 g/mol. The number of halogens is 1. The predicted octanol–water partition coefficient (Wildman–Crippen LogP) is 1.59. The van der Waals surface area contributed by atoms with Gasteiger partial charge in [0.05, 0.1) is 6.33 Å². The van der Waals surface area contributed by atoms with Crippen LogP contribution in [0.25, 0.3) is 0 Å². The van der Waals surface area contributed by atoms with Gasteiger partial charge in [0.2, 0.25) is 5.03 Å². The molecule has 0 aliphatic rings. The molecule has 0 saturated heterocycles. The Labute approximate surface area is 117 Å². The molecular formula is C12H14ClN3O2S. The summed E-state index contributed by atoms with van der Waals surface area (Å²) in [6.45, 7) is 0.305. The van der Waals surface area contributed by atoms with Crippen molar-refractivity contribution in [3.63, 3.8) is 0 Å². The van der Waals surface area contributed by atoms with Gasteiger partial charge in [0.1, 0.15) is 5.15 Å². The van der Waals surface area contributed by atoms with Gasteiger partial charge in [-0.1, -0.05) is 41.9 Å². The van der Waals surface area contributed by atoms with Crippen molar-refractivity contribution in [3.8, 4) is 0 Å². The third kappa shape index (κ3) is 3.34. The summed E-state index contributed by atoms with van der Waals surface area (Å²) in [5.41, 5.74) is 1.07. The van der Waals surface area contributed by atoms with Gasteiger partial charge in [-0.05, 0) is 12.0 Å². The number of sulfonamides is 1. The smallest absolute Gasteiger partial charge is 0.261 e. The van der Waals surface area contributed by atoms with Gasteiger partial charge >= 0.3 is 0 Å². The van der Waals surface area contributed by atoms with E-state index in [4.69, 9.17) is 11.6 Å². The summed E-state index contributed by atoms with van der Waals surface area (Å²) < 4.78 is 27.9. The van der Waals surface area contributed by atoms with Crippen LogP contribution in [0.2, 0.25) is 5.15 Å². The van der Waals surface area contributed by atoms with Gasteiger partial charge in [-0.15, -0.1) is 0 Å². The highest BCUT2D eigenvalue weighted by atomic mass is 35.5. The number of rotatable bonds is 5. The molecule has 0 radical (unpaired) electrons. The summed E-state index contributed by atoms with van der Waals surface area (Å²) in [6, 6.07) is 9.64. The minimum atomic E-state index is -3.65. The van der Waals surface area contributed by atoms with Gasteiger partial charge < -0.3 is 4.57 Å². The first-order chi connectivity index (χ1) is 9.00. The Hall–Kier alpha value is -1.37. The Morgan fingerprint density at radius 2 is 2.00 bits per heavy atom. The SMILES string of the molecule is Cn1cnc(S(=O)(=O)NCCc2ccccc2)c1Cl. The van der Waals surface area contributed by atoms with Crippen LogP contribution in [-0.4, -0.2) is 24.5 Å². The fourth-order valence-electron chi connectivity index (χ4n) is 1.62. The van der Waals surface area contributed by atoms with E-state index in [0.29, 0.717) is 13.0 Å². The molecule has 1 heterocycles. The molecule has 0 saturated carbocycles. The van der Waals surface area contributed by atoms with Gasteiger partial charge in [0.25, 0.3) is 10.0 Å². The summed E-state index contributed by atoms with van der Waals surface area (Å²) in [5.74, 6) is 0. The van der Waals surface area contributed by atoms with Crippen LogP contribution in [0.5, 0.6) is 0 Å². The quantitative estimate of drug-likeness (QED) is 0.912. The van der Waals surface area contributed by atoms with Crippen molar-refractivity contribution < 1.29 is 8.42 Å². The summed E-state index contributed by atoms with van der Waals surface area (Å²) in [4.78, 5) is 3.79. The maximum atomic E-state index is 12.0. The van der Waals surface area contributed by atoms with Crippen LogP contribution in [0.1, 0.15) is 5.56 Å². The summed E-state index contributed by atoms with van der Waals surface area (Å²) in [7, 11) is -2.02. The summed E-state index contributed by atoms with van der Waals surface area (Å²) >= 11 is 5.87. The number of hydrogen-bond donors (Lipinski definition) is 1. The maximum absolute atomic E-state index is 12.0. The molecule has 0 bridgehead atoms. The van der Waals surface area contributed by atoms with E-state index in [1.54, 1.807) is 7.05 Å². The maximum Gasteiger partial charge on any atom is 0.261 e. The molecule has 0 unspecified atom stereocenters. The molecule has 2 aromatic rings. The minimum Gasteiger partial charge on any atom is -0.324 e. The van der Waals surface area contributed by atoms with E-state index in [0.717, 1.165) is 5.56 Å². The Kier molecular flexibility index (Phi) is 4.24. The number of hydrogen-bond acceptors (Lipinski definition) is 3. The van der Waals surface area contributed by atoms with Crippen molar-refractivity contribution in [1.29, 1.82) is 0 Å². The van der Waals surface area contributed by atoms with Crippen LogP contribution in [-0.2, 0) is 23.5 Å². The summed E-state index contributed by atoms with van der Waals surface area (Å²) in [6.07, 6.45) is 1.98. The number of aromatic nitrogens is 2. The van der Waals surface area contributed by atoms with Gasteiger partial charge in [0, 0.05) is 13.6 Å². The van der Waals surface area contributed by atoms with E-state index in [-0.39, 0.29) is 10.2 Å². The third-order valence-electron chi connectivity index (χ3n) is 2.64. The van der Waals surface area contributed by atoms with Crippen molar-refractivity contribution in [3.05, 3.63) is 47.4 Å². The zero-order valence-corrected chi connectivity index (χ0v) is 11.9. The molecule has 19 heavy (non-hydrogen) atoms. The Morgan fingerprint density at radius 1 is 1.32 bits per heavy atom. The van der Waals surface area contributed by atoms with E-state index in [9.17, 15) is 8.42 Å². The molecule has 0 aliphatic carbocycles. The molecule has 102 valence electrons. The molecule has 7 heteroatoms. The predicted molar refractivity (Wildman–Crippen MR) is 73.6 cm³/mol. The van der Waals surface area contributed by atoms with E-state index in [1.807, 2.05) is 30.3 Å². The second-order valence-electron chi connectivity index (χ2n) is 4.08. The Bertz CT molecular complexity index is 653. The highest BCUT2D eigenvalue weighted by Gasteiger charge is 2.21. The van der Waals surface area contributed by atoms with Crippen LogP contribution in [0.15, 0.2) is 41.7 Å². The lowest BCUT2D eigenvalue weighted by Crippen LogP contribution is -2.26. The van der Waals surface area contributed by atoms with Crippen molar-refractivity contribution in [2.45, 2.75) is 11.4 Å². The van der Waals surface area contributed by atoms with Gasteiger partial charge in [-0.2, -0.15) is 0 Å². The van der Waals surface area contributed by atoms with Crippen LogP contribution >= 0.6 is 11.6 Å². The molecule has 2 rings (SSSR count). The second-order valence-corrected chi connectivity index (χ2v) is 6.13. The molecule has 0 spiro atoms. The van der Waals surface area contributed by atoms with Crippen LogP contribution < -0.4 is 4.72 Å². The Balaban J connectivity index is 2.01. The lowest BCUT2D eigenvalue weighted by Gasteiger charge is -2.05. The third-order valence-corrected chi connectivity index (χ3v) is 4.59. The zero-order chi connectivity index (χ0) is 13.9.